The van der Waals surface area contributed by atoms with Crippen molar-refractivity contribution in [3.8, 4) is 11.6 Å². The summed E-state index contributed by atoms with van der Waals surface area (Å²) < 4.78 is 10.1. The number of halogens is 1. The van der Waals surface area contributed by atoms with E-state index >= 15 is 0 Å². The zero-order chi connectivity index (χ0) is 21.0. The third kappa shape index (κ3) is 4.46. The summed E-state index contributed by atoms with van der Waals surface area (Å²) in [4.78, 5) is 4.28. The number of benzene rings is 1. The van der Waals surface area contributed by atoms with Crippen molar-refractivity contribution in [2.24, 2.45) is 0 Å². The molecule has 0 radical (unpaired) electrons. The molecule has 4 aromatic rings. The van der Waals surface area contributed by atoms with E-state index in [9.17, 15) is 0 Å². The van der Waals surface area contributed by atoms with E-state index in [0.717, 1.165) is 43.0 Å². The maximum Gasteiger partial charge on any atom is 0.213 e. The molecule has 0 saturated heterocycles. The fraction of sp³-hybridized carbons (Fsp3) is 0.304. The van der Waals surface area contributed by atoms with Gasteiger partial charge in [0.1, 0.15) is 18.5 Å². The summed E-state index contributed by atoms with van der Waals surface area (Å²) in [5.41, 5.74) is 1.01. The van der Waals surface area contributed by atoms with Gasteiger partial charge in [0.15, 0.2) is 5.82 Å². The lowest BCUT2D eigenvalue weighted by molar-refractivity contribution is 0.139. The SMILES string of the molecule is Clc1ccc(-n2c(Cn3cccn3)nnc2[C@H]2CC[C@H](Oc3ccccn3)CC2)cc1. The Balaban J connectivity index is 1.37. The third-order valence-corrected chi connectivity index (χ3v) is 5.92. The first-order valence-corrected chi connectivity index (χ1v) is 10.9. The normalized spacial score (nSPS) is 18.7. The molecule has 0 bridgehead atoms. The summed E-state index contributed by atoms with van der Waals surface area (Å²) in [6.07, 6.45) is 9.55. The van der Waals surface area contributed by atoms with Gasteiger partial charge in [-0.05, 0) is 62.1 Å². The number of pyridine rings is 1. The number of aromatic nitrogens is 6. The van der Waals surface area contributed by atoms with Gasteiger partial charge in [0.2, 0.25) is 5.88 Å². The second-order valence-electron chi connectivity index (χ2n) is 7.75. The van der Waals surface area contributed by atoms with Crippen LogP contribution in [0.5, 0.6) is 5.88 Å². The molecule has 1 fully saturated rings. The van der Waals surface area contributed by atoms with E-state index in [4.69, 9.17) is 16.3 Å². The maximum atomic E-state index is 6.13. The standard InChI is InChI=1S/C23H23ClN6O/c24-18-7-9-19(10-8-18)30-21(16-29-15-3-14-26-29)27-28-23(30)17-5-11-20(12-6-17)31-22-4-1-2-13-25-22/h1-4,7-10,13-15,17,20H,5-6,11-12,16H2/t17-,20-. The van der Waals surface area contributed by atoms with Gasteiger partial charge in [0.05, 0.1) is 0 Å². The van der Waals surface area contributed by atoms with Gasteiger partial charge in [-0.15, -0.1) is 10.2 Å². The Kier molecular flexibility index (Phi) is 5.67. The summed E-state index contributed by atoms with van der Waals surface area (Å²) in [6, 6.07) is 15.5. The molecule has 31 heavy (non-hydrogen) atoms. The van der Waals surface area contributed by atoms with E-state index < -0.39 is 0 Å². The van der Waals surface area contributed by atoms with Crippen molar-refractivity contribution in [1.29, 1.82) is 0 Å². The minimum absolute atomic E-state index is 0.182. The molecule has 1 aliphatic carbocycles. The van der Waals surface area contributed by atoms with Gasteiger partial charge in [-0.1, -0.05) is 17.7 Å². The molecule has 1 aliphatic rings. The first-order chi connectivity index (χ1) is 15.3. The van der Waals surface area contributed by atoms with Crippen molar-refractivity contribution >= 4 is 11.6 Å². The molecular formula is C23H23ClN6O. The van der Waals surface area contributed by atoms with Crippen molar-refractivity contribution in [2.75, 3.05) is 0 Å². The number of nitrogens with zero attached hydrogens (tertiary/aromatic N) is 6. The Morgan fingerprint density at radius 1 is 0.935 bits per heavy atom. The average Bonchev–Trinajstić information content (AvgIpc) is 3.46. The Morgan fingerprint density at radius 2 is 1.77 bits per heavy atom. The zero-order valence-electron chi connectivity index (χ0n) is 17.0. The molecule has 3 heterocycles. The summed E-state index contributed by atoms with van der Waals surface area (Å²) >= 11 is 6.13. The molecule has 7 nitrogen and oxygen atoms in total. The smallest absolute Gasteiger partial charge is 0.213 e. The molecule has 0 aliphatic heterocycles. The summed E-state index contributed by atoms with van der Waals surface area (Å²) in [6.45, 7) is 0.556. The molecule has 158 valence electrons. The van der Waals surface area contributed by atoms with Gasteiger partial charge >= 0.3 is 0 Å². The van der Waals surface area contributed by atoms with Gasteiger partial charge in [-0.2, -0.15) is 5.10 Å². The number of hydrogen-bond donors (Lipinski definition) is 0. The first kappa shape index (κ1) is 19.8. The Hall–Kier alpha value is -3.19. The van der Waals surface area contributed by atoms with Crippen molar-refractivity contribution < 1.29 is 4.74 Å². The Labute approximate surface area is 185 Å². The van der Waals surface area contributed by atoms with E-state index in [0.29, 0.717) is 23.4 Å². The molecular weight excluding hydrogens is 412 g/mol. The molecule has 8 heteroatoms. The van der Waals surface area contributed by atoms with E-state index in [2.05, 4.69) is 24.8 Å². The van der Waals surface area contributed by atoms with Crippen LogP contribution in [0.15, 0.2) is 67.1 Å². The maximum absolute atomic E-state index is 6.13. The van der Waals surface area contributed by atoms with Crippen LogP contribution in [0, 0.1) is 0 Å². The summed E-state index contributed by atoms with van der Waals surface area (Å²) in [7, 11) is 0. The molecule has 1 aromatic carbocycles. The van der Waals surface area contributed by atoms with E-state index in [1.807, 2.05) is 59.4 Å². The van der Waals surface area contributed by atoms with Crippen LogP contribution in [0.2, 0.25) is 5.02 Å². The third-order valence-electron chi connectivity index (χ3n) is 5.67. The van der Waals surface area contributed by atoms with Gasteiger partial charge in [0, 0.05) is 41.3 Å². The quantitative estimate of drug-likeness (QED) is 0.441. The fourth-order valence-electron chi connectivity index (χ4n) is 4.13. The van der Waals surface area contributed by atoms with Gasteiger partial charge in [0.25, 0.3) is 0 Å². The lowest BCUT2D eigenvalue weighted by atomic mass is 9.86. The highest BCUT2D eigenvalue weighted by Crippen LogP contribution is 2.35. The Bertz CT molecular complexity index is 1100. The minimum atomic E-state index is 0.182. The Morgan fingerprint density at radius 3 is 2.48 bits per heavy atom. The van der Waals surface area contributed by atoms with Crippen LogP contribution >= 0.6 is 11.6 Å². The highest BCUT2D eigenvalue weighted by atomic mass is 35.5. The summed E-state index contributed by atoms with van der Waals surface area (Å²) in [5, 5.41) is 14.2. The van der Waals surface area contributed by atoms with Crippen LogP contribution in [0.1, 0.15) is 43.3 Å². The minimum Gasteiger partial charge on any atom is -0.474 e. The van der Waals surface area contributed by atoms with Gasteiger partial charge < -0.3 is 4.74 Å². The van der Waals surface area contributed by atoms with E-state index in [-0.39, 0.29) is 6.10 Å². The average molecular weight is 435 g/mol. The molecule has 0 N–H and O–H groups in total. The lowest BCUT2D eigenvalue weighted by Gasteiger charge is -2.28. The molecule has 1 saturated carbocycles. The van der Waals surface area contributed by atoms with Crippen molar-refractivity contribution in [1.82, 2.24) is 29.5 Å². The number of ether oxygens (including phenoxy) is 1. The predicted octanol–water partition coefficient (Wildman–Crippen LogP) is 4.67. The van der Waals surface area contributed by atoms with Crippen LogP contribution in [-0.2, 0) is 6.54 Å². The molecule has 0 unspecified atom stereocenters. The molecule has 3 aromatic heterocycles. The van der Waals surface area contributed by atoms with Crippen molar-refractivity contribution in [2.45, 2.75) is 44.2 Å². The van der Waals surface area contributed by atoms with Crippen LogP contribution in [0.25, 0.3) is 5.69 Å². The van der Waals surface area contributed by atoms with Gasteiger partial charge in [-0.3, -0.25) is 9.25 Å². The van der Waals surface area contributed by atoms with Gasteiger partial charge in [-0.25, -0.2) is 4.98 Å². The van der Waals surface area contributed by atoms with Crippen molar-refractivity contribution in [3.05, 3.63) is 83.8 Å². The second-order valence-corrected chi connectivity index (χ2v) is 8.19. The summed E-state index contributed by atoms with van der Waals surface area (Å²) in [5.74, 6) is 2.85. The monoisotopic (exact) mass is 434 g/mol. The molecule has 5 rings (SSSR count). The van der Waals surface area contributed by atoms with E-state index in [1.54, 1.807) is 12.4 Å². The highest BCUT2D eigenvalue weighted by Gasteiger charge is 2.29. The van der Waals surface area contributed by atoms with Crippen LogP contribution in [0.4, 0.5) is 0 Å². The first-order valence-electron chi connectivity index (χ1n) is 10.5. The second kappa shape index (κ2) is 8.89. The lowest BCUT2D eigenvalue weighted by Crippen LogP contribution is -2.25. The van der Waals surface area contributed by atoms with Crippen LogP contribution in [0.3, 0.4) is 0 Å². The molecule has 0 atom stereocenters. The molecule has 0 spiro atoms. The number of rotatable bonds is 6. The van der Waals surface area contributed by atoms with Crippen LogP contribution < -0.4 is 4.74 Å². The fourth-order valence-corrected chi connectivity index (χ4v) is 4.26. The topological polar surface area (TPSA) is 70.7 Å². The highest BCUT2D eigenvalue weighted by molar-refractivity contribution is 6.30. The zero-order valence-corrected chi connectivity index (χ0v) is 17.8. The molecule has 0 amide bonds. The van der Waals surface area contributed by atoms with E-state index in [1.165, 1.54) is 0 Å². The number of hydrogen-bond acceptors (Lipinski definition) is 5. The van der Waals surface area contributed by atoms with Crippen molar-refractivity contribution in [3.63, 3.8) is 0 Å². The largest absolute Gasteiger partial charge is 0.474 e. The van der Waals surface area contributed by atoms with Crippen LogP contribution in [-0.4, -0.2) is 35.6 Å². The predicted molar refractivity (Wildman–Crippen MR) is 118 cm³/mol.